The van der Waals surface area contributed by atoms with Crippen LogP contribution in [0.4, 0.5) is 5.13 Å². The number of rotatable bonds is 9. The summed E-state index contributed by atoms with van der Waals surface area (Å²) in [5.74, 6) is -0.507. The van der Waals surface area contributed by atoms with Crippen molar-refractivity contribution in [3.05, 3.63) is 11.6 Å². The van der Waals surface area contributed by atoms with Crippen LogP contribution in [0.2, 0.25) is 0 Å². The summed E-state index contributed by atoms with van der Waals surface area (Å²) in [6.45, 7) is 6.02. The lowest BCUT2D eigenvalue weighted by Crippen LogP contribution is -2.51. The third-order valence-corrected chi connectivity index (χ3v) is 5.94. The number of carbonyl (C=O) groups excluding carboxylic acids is 3. The smallest absolute Gasteiger partial charge is 0.240 e. The fraction of sp³-hybridized carbons (Fsp3) is 0.700. The van der Waals surface area contributed by atoms with Gasteiger partial charge in [-0.25, -0.2) is 4.98 Å². The normalized spacial score (nSPS) is 15.1. The number of nitrogens with one attached hydrogen (secondary N) is 2. The third-order valence-electron chi connectivity index (χ3n) is 5.26. The molecule has 0 radical (unpaired) electrons. The highest BCUT2D eigenvalue weighted by Crippen LogP contribution is 2.23. The van der Waals surface area contributed by atoms with Crippen molar-refractivity contribution >= 4 is 34.2 Å². The molecule has 1 aliphatic carbocycles. The lowest BCUT2D eigenvalue weighted by molar-refractivity contribution is -0.140. The molecule has 7 nitrogen and oxygen atoms in total. The summed E-state index contributed by atoms with van der Waals surface area (Å²) < 4.78 is 0. The first-order valence-electron chi connectivity index (χ1n) is 10.1. The molecule has 2 N–H and O–H groups in total. The summed E-state index contributed by atoms with van der Waals surface area (Å²) in [7, 11) is 0. The Bertz CT molecular complexity index is 654. The zero-order valence-electron chi connectivity index (χ0n) is 17.1. The molecule has 1 fully saturated rings. The van der Waals surface area contributed by atoms with E-state index in [-0.39, 0.29) is 48.7 Å². The van der Waals surface area contributed by atoms with E-state index in [1.54, 1.807) is 16.5 Å². The van der Waals surface area contributed by atoms with Gasteiger partial charge in [0.15, 0.2) is 5.13 Å². The van der Waals surface area contributed by atoms with Gasteiger partial charge in [-0.3, -0.25) is 14.4 Å². The lowest BCUT2D eigenvalue weighted by atomic mass is 9.93. The Labute approximate surface area is 171 Å². The number of hydrogen-bond donors (Lipinski definition) is 2. The first-order chi connectivity index (χ1) is 13.3. The molecule has 0 atom stereocenters. The van der Waals surface area contributed by atoms with Crippen LogP contribution in [0, 0.1) is 0 Å². The Morgan fingerprint density at radius 2 is 1.89 bits per heavy atom. The summed E-state index contributed by atoms with van der Waals surface area (Å²) in [6.07, 6.45) is 7.76. The standard InChI is InChI=1S/C20H32N4O3S/c1-4-20(2,3)23-17(26)14-24(15-8-6-5-7-9-15)18(27)11-10-16(25)22-19-21-12-13-28-19/h12-13,15H,4-11,14H2,1-3H3,(H,23,26)(H,21,22,25). The molecule has 156 valence electrons. The number of carbonyl (C=O) groups is 3. The minimum absolute atomic E-state index is 0.0566. The van der Waals surface area contributed by atoms with Gasteiger partial charge >= 0.3 is 0 Å². The predicted octanol–water partition coefficient (Wildman–Crippen LogP) is 3.33. The van der Waals surface area contributed by atoms with Crippen LogP contribution < -0.4 is 10.6 Å². The number of amides is 3. The minimum Gasteiger partial charge on any atom is -0.350 e. The van der Waals surface area contributed by atoms with E-state index in [0.29, 0.717) is 5.13 Å². The van der Waals surface area contributed by atoms with E-state index in [9.17, 15) is 14.4 Å². The molecular formula is C20H32N4O3S. The Kier molecular flexibility index (Phi) is 8.41. The number of hydrogen-bond acceptors (Lipinski definition) is 5. The molecule has 0 bridgehead atoms. The Morgan fingerprint density at radius 3 is 2.50 bits per heavy atom. The van der Waals surface area contributed by atoms with Gasteiger partial charge in [0.2, 0.25) is 17.7 Å². The lowest BCUT2D eigenvalue weighted by Gasteiger charge is -2.35. The maximum atomic E-state index is 12.9. The van der Waals surface area contributed by atoms with E-state index in [0.717, 1.165) is 32.1 Å². The van der Waals surface area contributed by atoms with Gasteiger partial charge in [0, 0.05) is 36.0 Å². The third kappa shape index (κ3) is 7.22. The second-order valence-corrected chi connectivity index (χ2v) is 8.88. The highest BCUT2D eigenvalue weighted by Gasteiger charge is 2.29. The van der Waals surface area contributed by atoms with Crippen molar-refractivity contribution in [2.75, 3.05) is 11.9 Å². The maximum absolute atomic E-state index is 12.9. The largest absolute Gasteiger partial charge is 0.350 e. The predicted molar refractivity (Wildman–Crippen MR) is 111 cm³/mol. The zero-order chi connectivity index (χ0) is 20.6. The first-order valence-corrected chi connectivity index (χ1v) is 11.0. The van der Waals surface area contributed by atoms with Crippen molar-refractivity contribution in [1.29, 1.82) is 0 Å². The molecule has 1 aromatic heterocycles. The number of thiazole rings is 1. The van der Waals surface area contributed by atoms with E-state index in [1.165, 1.54) is 17.8 Å². The summed E-state index contributed by atoms with van der Waals surface area (Å²) in [5, 5.41) is 8.01. The van der Waals surface area contributed by atoms with Gasteiger partial charge in [-0.15, -0.1) is 11.3 Å². The molecule has 1 heterocycles. The molecule has 8 heteroatoms. The van der Waals surface area contributed by atoms with E-state index in [1.807, 2.05) is 20.8 Å². The molecule has 1 aliphatic rings. The summed E-state index contributed by atoms with van der Waals surface area (Å²) in [6, 6.07) is 0.0822. The molecule has 0 spiro atoms. The van der Waals surface area contributed by atoms with Gasteiger partial charge < -0.3 is 15.5 Å². The zero-order valence-corrected chi connectivity index (χ0v) is 17.9. The number of aromatic nitrogens is 1. The van der Waals surface area contributed by atoms with Crippen LogP contribution in [0.1, 0.15) is 72.1 Å². The average Bonchev–Trinajstić information content (AvgIpc) is 3.17. The van der Waals surface area contributed by atoms with Gasteiger partial charge in [0.05, 0.1) is 6.54 Å². The quantitative estimate of drug-likeness (QED) is 0.656. The SMILES string of the molecule is CCC(C)(C)NC(=O)CN(C(=O)CCC(=O)Nc1nccs1)C1CCCCC1. The summed E-state index contributed by atoms with van der Waals surface area (Å²) in [4.78, 5) is 43.2. The molecular weight excluding hydrogens is 376 g/mol. The van der Waals surface area contributed by atoms with Crippen LogP contribution in [0.15, 0.2) is 11.6 Å². The van der Waals surface area contributed by atoms with E-state index in [2.05, 4.69) is 15.6 Å². The molecule has 0 saturated heterocycles. The fourth-order valence-corrected chi connectivity index (χ4v) is 3.85. The molecule has 2 rings (SSSR count). The van der Waals surface area contributed by atoms with Gasteiger partial charge in [-0.1, -0.05) is 26.2 Å². The fourth-order valence-electron chi connectivity index (χ4n) is 3.30. The molecule has 28 heavy (non-hydrogen) atoms. The molecule has 3 amide bonds. The van der Waals surface area contributed by atoms with Gasteiger partial charge in [0.25, 0.3) is 0 Å². The van der Waals surface area contributed by atoms with E-state index >= 15 is 0 Å². The molecule has 1 aromatic rings. The van der Waals surface area contributed by atoms with Crippen molar-refractivity contribution in [2.24, 2.45) is 0 Å². The van der Waals surface area contributed by atoms with Crippen LogP contribution in [-0.4, -0.2) is 45.7 Å². The van der Waals surface area contributed by atoms with Crippen LogP contribution in [0.25, 0.3) is 0 Å². The molecule has 0 unspecified atom stereocenters. The summed E-state index contributed by atoms with van der Waals surface area (Å²) >= 11 is 1.34. The number of nitrogens with zero attached hydrogens (tertiary/aromatic N) is 2. The van der Waals surface area contributed by atoms with E-state index < -0.39 is 0 Å². The average molecular weight is 409 g/mol. The highest BCUT2D eigenvalue weighted by atomic mass is 32.1. The van der Waals surface area contributed by atoms with Crippen LogP contribution in [-0.2, 0) is 14.4 Å². The first kappa shape index (κ1) is 22.3. The molecule has 0 aromatic carbocycles. The van der Waals surface area contributed by atoms with Crippen molar-refractivity contribution in [1.82, 2.24) is 15.2 Å². The van der Waals surface area contributed by atoms with Crippen molar-refractivity contribution in [3.8, 4) is 0 Å². The monoisotopic (exact) mass is 408 g/mol. The van der Waals surface area contributed by atoms with Crippen LogP contribution in [0.3, 0.4) is 0 Å². The van der Waals surface area contributed by atoms with Crippen LogP contribution >= 0.6 is 11.3 Å². The summed E-state index contributed by atoms with van der Waals surface area (Å²) in [5.41, 5.74) is -0.300. The van der Waals surface area contributed by atoms with E-state index in [4.69, 9.17) is 0 Å². The van der Waals surface area contributed by atoms with Crippen molar-refractivity contribution < 1.29 is 14.4 Å². The molecule has 1 saturated carbocycles. The van der Waals surface area contributed by atoms with Crippen LogP contribution in [0.5, 0.6) is 0 Å². The Balaban J connectivity index is 1.94. The highest BCUT2D eigenvalue weighted by molar-refractivity contribution is 7.13. The Hall–Kier alpha value is -1.96. The van der Waals surface area contributed by atoms with Gasteiger partial charge in [-0.05, 0) is 33.1 Å². The second-order valence-electron chi connectivity index (χ2n) is 7.98. The molecule has 0 aliphatic heterocycles. The van der Waals surface area contributed by atoms with Gasteiger partial charge in [0.1, 0.15) is 0 Å². The Morgan fingerprint density at radius 1 is 1.18 bits per heavy atom. The maximum Gasteiger partial charge on any atom is 0.240 e. The number of anilines is 1. The topological polar surface area (TPSA) is 91.4 Å². The van der Waals surface area contributed by atoms with Crippen molar-refractivity contribution in [2.45, 2.75) is 83.7 Å². The van der Waals surface area contributed by atoms with Gasteiger partial charge in [-0.2, -0.15) is 0 Å². The second kappa shape index (κ2) is 10.5. The van der Waals surface area contributed by atoms with Crippen molar-refractivity contribution in [3.63, 3.8) is 0 Å². The minimum atomic E-state index is -0.300.